The van der Waals surface area contributed by atoms with E-state index in [0.29, 0.717) is 31.0 Å². The molecule has 1 heterocycles. The van der Waals surface area contributed by atoms with Crippen LogP contribution in [0.15, 0.2) is 18.2 Å². The van der Waals surface area contributed by atoms with Crippen LogP contribution < -0.4 is 10.6 Å². The SMILES string of the molecule is NC1CC[C@@H]2CN(c3ccc(C(F)(F)F)cc3F)C[C@@H]2C1. The molecule has 2 N–H and O–H groups in total. The summed E-state index contributed by atoms with van der Waals surface area (Å²) in [5.41, 5.74) is 5.28. The number of rotatable bonds is 1. The van der Waals surface area contributed by atoms with Gasteiger partial charge < -0.3 is 10.6 Å². The van der Waals surface area contributed by atoms with E-state index >= 15 is 0 Å². The van der Waals surface area contributed by atoms with Gasteiger partial charge in [-0.3, -0.25) is 0 Å². The molecule has 2 fully saturated rings. The number of halogens is 4. The van der Waals surface area contributed by atoms with Gasteiger partial charge in [-0.25, -0.2) is 4.39 Å². The Kier molecular flexibility index (Phi) is 3.59. The molecule has 0 amide bonds. The first-order chi connectivity index (χ1) is 9.84. The lowest BCUT2D eigenvalue weighted by molar-refractivity contribution is -0.137. The summed E-state index contributed by atoms with van der Waals surface area (Å²) in [6, 6.07) is 2.98. The second kappa shape index (κ2) is 5.16. The van der Waals surface area contributed by atoms with Gasteiger partial charge in [-0.2, -0.15) is 13.2 Å². The first kappa shape index (κ1) is 14.6. The smallest absolute Gasteiger partial charge is 0.369 e. The highest BCUT2D eigenvalue weighted by atomic mass is 19.4. The lowest BCUT2D eigenvalue weighted by Crippen LogP contribution is -2.32. The number of alkyl halides is 3. The van der Waals surface area contributed by atoms with Crippen molar-refractivity contribution in [3.8, 4) is 0 Å². The molecule has 1 aromatic rings. The maximum Gasteiger partial charge on any atom is 0.416 e. The fourth-order valence-electron chi connectivity index (χ4n) is 3.60. The predicted molar refractivity (Wildman–Crippen MR) is 72.4 cm³/mol. The van der Waals surface area contributed by atoms with Gasteiger partial charge in [-0.1, -0.05) is 0 Å². The monoisotopic (exact) mass is 302 g/mol. The van der Waals surface area contributed by atoms with Gasteiger partial charge in [0, 0.05) is 19.1 Å². The highest BCUT2D eigenvalue weighted by molar-refractivity contribution is 5.50. The van der Waals surface area contributed by atoms with Crippen LogP contribution in [0.5, 0.6) is 0 Å². The molecule has 1 aliphatic carbocycles. The van der Waals surface area contributed by atoms with Crippen molar-refractivity contribution < 1.29 is 17.6 Å². The van der Waals surface area contributed by atoms with Gasteiger partial charge in [0.15, 0.2) is 0 Å². The Bertz CT molecular complexity index is 529. The summed E-state index contributed by atoms with van der Waals surface area (Å²) in [6.45, 7) is 1.39. The number of nitrogens with two attached hydrogens (primary N) is 1. The van der Waals surface area contributed by atoms with E-state index in [1.165, 1.54) is 6.07 Å². The molecule has 21 heavy (non-hydrogen) atoms. The van der Waals surface area contributed by atoms with Crippen molar-refractivity contribution in [1.29, 1.82) is 0 Å². The van der Waals surface area contributed by atoms with Gasteiger partial charge in [-0.05, 0) is 49.3 Å². The summed E-state index contributed by atoms with van der Waals surface area (Å²) in [6.07, 6.45) is -1.59. The third-order valence-electron chi connectivity index (χ3n) is 4.71. The van der Waals surface area contributed by atoms with Gasteiger partial charge >= 0.3 is 6.18 Å². The minimum atomic E-state index is -4.51. The zero-order valence-corrected chi connectivity index (χ0v) is 11.5. The Morgan fingerprint density at radius 2 is 1.81 bits per heavy atom. The van der Waals surface area contributed by atoms with E-state index in [9.17, 15) is 17.6 Å². The molecule has 3 rings (SSSR count). The Morgan fingerprint density at radius 1 is 1.10 bits per heavy atom. The fourth-order valence-corrected chi connectivity index (χ4v) is 3.60. The van der Waals surface area contributed by atoms with Crippen molar-refractivity contribution in [2.75, 3.05) is 18.0 Å². The molecule has 0 bridgehead atoms. The summed E-state index contributed by atoms with van der Waals surface area (Å²) in [4.78, 5) is 1.86. The number of anilines is 1. The first-order valence-electron chi connectivity index (χ1n) is 7.22. The summed E-state index contributed by atoms with van der Waals surface area (Å²) in [5.74, 6) is 0.106. The molecule has 1 aliphatic heterocycles. The molecule has 1 saturated carbocycles. The van der Waals surface area contributed by atoms with Crippen molar-refractivity contribution in [3.63, 3.8) is 0 Å². The van der Waals surface area contributed by atoms with Crippen LogP contribution in [0, 0.1) is 17.7 Å². The molecule has 116 valence electrons. The summed E-state index contributed by atoms with van der Waals surface area (Å²) < 4.78 is 51.7. The largest absolute Gasteiger partial charge is 0.416 e. The Morgan fingerprint density at radius 3 is 2.48 bits per heavy atom. The second-order valence-electron chi connectivity index (χ2n) is 6.16. The summed E-state index contributed by atoms with van der Waals surface area (Å²) in [5, 5.41) is 0. The quantitative estimate of drug-likeness (QED) is 0.806. The Labute approximate surface area is 120 Å². The lowest BCUT2D eigenvalue weighted by Gasteiger charge is -2.27. The third-order valence-corrected chi connectivity index (χ3v) is 4.71. The van der Waals surface area contributed by atoms with E-state index < -0.39 is 17.6 Å². The van der Waals surface area contributed by atoms with Gasteiger partial charge in [0.25, 0.3) is 0 Å². The molecule has 1 saturated heterocycles. The molecular formula is C15H18F4N2. The van der Waals surface area contributed by atoms with E-state index in [1.54, 1.807) is 0 Å². The molecule has 0 aromatic heterocycles. The average molecular weight is 302 g/mol. The third kappa shape index (κ3) is 2.86. The molecule has 2 aliphatic rings. The summed E-state index contributed by atoms with van der Waals surface area (Å²) in [7, 11) is 0. The van der Waals surface area contributed by atoms with Gasteiger partial charge in [0.05, 0.1) is 11.3 Å². The Hall–Kier alpha value is -1.30. The van der Waals surface area contributed by atoms with Crippen LogP contribution in [-0.4, -0.2) is 19.1 Å². The van der Waals surface area contributed by atoms with Crippen LogP contribution in [0.4, 0.5) is 23.2 Å². The molecule has 2 nitrogen and oxygen atoms in total. The fraction of sp³-hybridized carbons (Fsp3) is 0.600. The van der Waals surface area contributed by atoms with E-state index in [1.807, 2.05) is 4.90 Å². The van der Waals surface area contributed by atoms with Crippen molar-refractivity contribution in [1.82, 2.24) is 0 Å². The van der Waals surface area contributed by atoms with Crippen molar-refractivity contribution in [2.45, 2.75) is 31.5 Å². The number of benzene rings is 1. The minimum absolute atomic E-state index is 0.198. The molecule has 3 atom stereocenters. The molecule has 6 heteroatoms. The molecule has 0 radical (unpaired) electrons. The number of fused-ring (bicyclic) bond motifs is 1. The van der Waals surface area contributed by atoms with Gasteiger partial charge in [0.1, 0.15) is 5.82 Å². The predicted octanol–water partition coefficient (Wildman–Crippen LogP) is 3.41. The van der Waals surface area contributed by atoms with Gasteiger partial charge in [0.2, 0.25) is 0 Å². The minimum Gasteiger partial charge on any atom is -0.369 e. The van der Waals surface area contributed by atoms with Crippen LogP contribution in [0.3, 0.4) is 0 Å². The van der Waals surface area contributed by atoms with Crippen LogP contribution in [0.1, 0.15) is 24.8 Å². The maximum absolute atomic E-state index is 14.0. The van der Waals surface area contributed by atoms with E-state index in [-0.39, 0.29) is 11.7 Å². The average Bonchev–Trinajstić information content (AvgIpc) is 2.80. The van der Waals surface area contributed by atoms with Crippen LogP contribution >= 0.6 is 0 Å². The zero-order chi connectivity index (χ0) is 15.2. The normalized spacial score (nSPS) is 29.6. The molecule has 1 aromatic carbocycles. The zero-order valence-electron chi connectivity index (χ0n) is 11.5. The van der Waals surface area contributed by atoms with E-state index in [4.69, 9.17) is 5.73 Å². The Balaban J connectivity index is 1.79. The number of nitrogens with zero attached hydrogens (tertiary/aromatic N) is 1. The van der Waals surface area contributed by atoms with E-state index in [2.05, 4.69) is 0 Å². The molecule has 0 spiro atoms. The van der Waals surface area contributed by atoms with E-state index in [0.717, 1.165) is 25.3 Å². The standard InChI is InChI=1S/C15H18F4N2/c16-13-6-11(15(17,18)19)2-4-14(13)21-7-9-1-3-12(20)5-10(9)8-21/h2,4,6,9-10,12H,1,3,5,7-8,20H2/t9-,10+,12?/m1/s1. The van der Waals surface area contributed by atoms with Gasteiger partial charge in [-0.15, -0.1) is 0 Å². The van der Waals surface area contributed by atoms with Crippen molar-refractivity contribution in [2.24, 2.45) is 17.6 Å². The summed E-state index contributed by atoms with van der Waals surface area (Å²) >= 11 is 0. The number of hydrogen-bond acceptors (Lipinski definition) is 2. The van der Waals surface area contributed by atoms with Crippen LogP contribution in [0.25, 0.3) is 0 Å². The molecule has 1 unspecified atom stereocenters. The first-order valence-corrected chi connectivity index (χ1v) is 7.22. The van der Waals surface area contributed by atoms with Crippen molar-refractivity contribution >= 4 is 5.69 Å². The molecular weight excluding hydrogens is 284 g/mol. The second-order valence-corrected chi connectivity index (χ2v) is 6.16. The highest BCUT2D eigenvalue weighted by Crippen LogP contribution is 2.39. The lowest BCUT2D eigenvalue weighted by atomic mass is 9.79. The number of hydrogen-bond donors (Lipinski definition) is 1. The van der Waals surface area contributed by atoms with Crippen molar-refractivity contribution in [3.05, 3.63) is 29.6 Å². The maximum atomic E-state index is 14.0. The van der Waals surface area contributed by atoms with Crippen LogP contribution in [0.2, 0.25) is 0 Å². The topological polar surface area (TPSA) is 29.3 Å². The highest BCUT2D eigenvalue weighted by Gasteiger charge is 2.38. The van der Waals surface area contributed by atoms with Crippen LogP contribution in [-0.2, 0) is 6.18 Å².